The lowest BCUT2D eigenvalue weighted by atomic mass is 9.94. The van der Waals surface area contributed by atoms with E-state index in [1.165, 1.54) is 0 Å². The third-order valence-corrected chi connectivity index (χ3v) is 6.13. The van der Waals surface area contributed by atoms with E-state index >= 15 is 0 Å². The van der Waals surface area contributed by atoms with Gasteiger partial charge in [0.2, 0.25) is 0 Å². The molecule has 2 heterocycles. The van der Waals surface area contributed by atoms with Crippen LogP contribution in [0.3, 0.4) is 0 Å². The van der Waals surface area contributed by atoms with Gasteiger partial charge in [0.25, 0.3) is 0 Å². The van der Waals surface area contributed by atoms with E-state index in [4.69, 9.17) is 23.5 Å². The third kappa shape index (κ3) is 5.80. The Morgan fingerprint density at radius 3 is 2.66 bits per heavy atom. The van der Waals surface area contributed by atoms with Gasteiger partial charge in [-0.25, -0.2) is 4.79 Å². The van der Waals surface area contributed by atoms with Crippen molar-refractivity contribution in [2.75, 3.05) is 46.6 Å². The number of carbonyl (C=O) groups excluding carboxylic acids is 2. The van der Waals surface area contributed by atoms with E-state index in [1.807, 2.05) is 19.9 Å². The van der Waals surface area contributed by atoms with Crippen LogP contribution in [0.4, 0.5) is 0 Å². The number of hydrogen-bond donors (Lipinski definition) is 0. The van der Waals surface area contributed by atoms with Gasteiger partial charge in [-0.15, -0.1) is 0 Å². The summed E-state index contributed by atoms with van der Waals surface area (Å²) in [6.45, 7) is 8.48. The number of hydrogen-bond acceptors (Lipinski definition) is 8. The van der Waals surface area contributed by atoms with Crippen molar-refractivity contribution in [3.8, 4) is 11.5 Å². The van der Waals surface area contributed by atoms with Gasteiger partial charge in [0.1, 0.15) is 30.3 Å². The highest BCUT2D eigenvalue weighted by Gasteiger charge is 2.32. The highest BCUT2D eigenvalue weighted by molar-refractivity contribution is 7.10. The molecule has 0 bridgehead atoms. The number of rotatable bonds is 10. The van der Waals surface area contributed by atoms with Crippen molar-refractivity contribution in [2.24, 2.45) is 0 Å². The molecule has 1 atom stereocenters. The summed E-state index contributed by atoms with van der Waals surface area (Å²) in [5.41, 5.74) is 3.97. The number of nitrogens with zero attached hydrogens (tertiary/aromatic N) is 1. The lowest BCUT2D eigenvalue weighted by molar-refractivity contribution is -0.144. The smallest absolute Gasteiger partial charge is 0.342 e. The first-order chi connectivity index (χ1) is 15.5. The SMILES string of the molecule is COc1c(C)c2c(c(OP)c1C/C=C(\C)CCC(=O)OCCN1CCOCC1)C(=O)OC2. The Morgan fingerprint density at radius 2 is 1.97 bits per heavy atom. The van der Waals surface area contributed by atoms with Crippen LogP contribution < -0.4 is 9.26 Å². The lowest BCUT2D eigenvalue weighted by Crippen LogP contribution is -2.38. The summed E-state index contributed by atoms with van der Waals surface area (Å²) < 4.78 is 27.0. The largest absolute Gasteiger partial charge is 0.496 e. The Labute approximate surface area is 191 Å². The van der Waals surface area contributed by atoms with E-state index in [0.717, 1.165) is 55.1 Å². The average molecular weight is 465 g/mol. The first-order valence-electron chi connectivity index (χ1n) is 10.8. The monoisotopic (exact) mass is 465 g/mol. The zero-order valence-electron chi connectivity index (χ0n) is 19.0. The molecular formula is C23H32NO7P. The van der Waals surface area contributed by atoms with Crippen LogP contribution in [0, 0.1) is 6.92 Å². The maximum atomic E-state index is 12.2. The van der Waals surface area contributed by atoms with Gasteiger partial charge in [-0.2, -0.15) is 0 Å². The maximum Gasteiger partial charge on any atom is 0.342 e. The van der Waals surface area contributed by atoms with Crippen molar-refractivity contribution in [1.29, 1.82) is 0 Å². The molecule has 2 aliphatic rings. The minimum absolute atomic E-state index is 0.200. The van der Waals surface area contributed by atoms with E-state index in [1.54, 1.807) is 7.11 Å². The molecular weight excluding hydrogens is 433 g/mol. The molecule has 1 aromatic carbocycles. The van der Waals surface area contributed by atoms with Crippen LogP contribution in [-0.4, -0.2) is 63.4 Å². The zero-order valence-corrected chi connectivity index (χ0v) is 20.2. The van der Waals surface area contributed by atoms with Crippen LogP contribution in [-0.2, 0) is 32.0 Å². The second kappa shape index (κ2) is 11.6. The van der Waals surface area contributed by atoms with E-state index in [2.05, 4.69) is 14.4 Å². The summed E-state index contributed by atoms with van der Waals surface area (Å²) in [6.07, 6.45) is 3.46. The van der Waals surface area contributed by atoms with Crippen LogP contribution in [0.1, 0.15) is 46.8 Å². The third-order valence-electron chi connectivity index (χ3n) is 5.90. The Hall–Kier alpha value is -2.15. The maximum absolute atomic E-state index is 12.2. The van der Waals surface area contributed by atoms with Gasteiger partial charge < -0.3 is 23.5 Å². The number of benzene rings is 1. The highest BCUT2D eigenvalue weighted by atomic mass is 31.0. The number of carbonyl (C=O) groups is 2. The van der Waals surface area contributed by atoms with E-state index < -0.39 is 0 Å². The summed E-state index contributed by atoms with van der Waals surface area (Å²) in [5.74, 6) is 0.561. The molecule has 32 heavy (non-hydrogen) atoms. The summed E-state index contributed by atoms with van der Waals surface area (Å²) in [6, 6.07) is 0. The number of ether oxygens (including phenoxy) is 4. The van der Waals surface area contributed by atoms with Crippen LogP contribution in [0.5, 0.6) is 11.5 Å². The Balaban J connectivity index is 1.57. The van der Waals surface area contributed by atoms with E-state index in [-0.39, 0.29) is 18.5 Å². The molecule has 1 saturated heterocycles. The standard InChI is InChI=1S/C23H32NO7P/c1-15(5-7-19(25)29-13-10-24-8-11-28-12-9-24)4-6-17-21(27-3)16(2)18-14-30-23(26)20(18)22(17)31-32/h4H,5-14,32H2,1-3H3/b15-4+. The number of morpholine rings is 1. The second-order valence-electron chi connectivity index (χ2n) is 7.94. The summed E-state index contributed by atoms with van der Waals surface area (Å²) in [5, 5.41) is 0. The van der Waals surface area contributed by atoms with Crippen LogP contribution >= 0.6 is 9.47 Å². The van der Waals surface area contributed by atoms with Crippen molar-refractivity contribution < 1.29 is 33.1 Å². The molecule has 0 amide bonds. The summed E-state index contributed by atoms with van der Waals surface area (Å²) >= 11 is 0. The lowest BCUT2D eigenvalue weighted by Gasteiger charge is -2.26. The van der Waals surface area contributed by atoms with Gasteiger partial charge in [-0.1, -0.05) is 11.6 Å². The molecule has 9 heteroatoms. The Kier molecular flexibility index (Phi) is 8.91. The van der Waals surface area contributed by atoms with Gasteiger partial charge in [0.05, 0.1) is 29.8 Å². The molecule has 0 aromatic heterocycles. The summed E-state index contributed by atoms with van der Waals surface area (Å²) in [4.78, 5) is 26.5. The van der Waals surface area contributed by atoms with Crippen molar-refractivity contribution in [3.63, 3.8) is 0 Å². The van der Waals surface area contributed by atoms with Gasteiger partial charge in [-0.3, -0.25) is 9.69 Å². The molecule has 1 aromatic rings. The first kappa shape index (κ1) is 24.5. The molecule has 1 unspecified atom stereocenters. The number of fused-ring (bicyclic) bond motifs is 1. The van der Waals surface area contributed by atoms with Crippen molar-refractivity contribution in [2.45, 2.75) is 39.7 Å². The predicted octanol–water partition coefficient (Wildman–Crippen LogP) is 2.99. The number of cyclic esters (lactones) is 1. The fraction of sp³-hybridized carbons (Fsp3) is 0.565. The van der Waals surface area contributed by atoms with Crippen LogP contribution in [0.2, 0.25) is 0 Å². The second-order valence-corrected chi connectivity index (χ2v) is 8.18. The van der Waals surface area contributed by atoms with Crippen molar-refractivity contribution in [3.05, 3.63) is 33.9 Å². The first-order valence-corrected chi connectivity index (χ1v) is 11.3. The highest BCUT2D eigenvalue weighted by Crippen LogP contribution is 2.43. The van der Waals surface area contributed by atoms with Crippen LogP contribution in [0.15, 0.2) is 11.6 Å². The Bertz CT molecular complexity index is 878. The number of methoxy groups -OCH3 is 1. The molecule has 0 radical (unpaired) electrons. The average Bonchev–Trinajstić information content (AvgIpc) is 3.19. The fourth-order valence-electron chi connectivity index (χ4n) is 4.00. The normalized spacial score (nSPS) is 16.5. The van der Waals surface area contributed by atoms with Crippen LogP contribution in [0.25, 0.3) is 0 Å². The molecule has 0 aliphatic carbocycles. The number of esters is 2. The van der Waals surface area contributed by atoms with Crippen molar-refractivity contribution in [1.82, 2.24) is 4.90 Å². The van der Waals surface area contributed by atoms with Gasteiger partial charge in [0, 0.05) is 37.2 Å². The number of allylic oxidation sites excluding steroid dienone is 2. The molecule has 0 spiro atoms. The van der Waals surface area contributed by atoms with E-state index in [0.29, 0.717) is 42.9 Å². The fourth-order valence-corrected chi connectivity index (χ4v) is 4.26. The van der Waals surface area contributed by atoms with Gasteiger partial charge >= 0.3 is 11.9 Å². The van der Waals surface area contributed by atoms with Gasteiger partial charge in [0.15, 0.2) is 0 Å². The molecule has 3 rings (SSSR count). The minimum atomic E-state index is -0.384. The topological polar surface area (TPSA) is 83.5 Å². The molecule has 0 saturated carbocycles. The quantitative estimate of drug-likeness (QED) is 0.296. The predicted molar refractivity (Wildman–Crippen MR) is 122 cm³/mol. The molecule has 0 N–H and O–H groups in total. The van der Waals surface area contributed by atoms with E-state index in [9.17, 15) is 9.59 Å². The zero-order chi connectivity index (χ0) is 23.1. The molecule has 8 nitrogen and oxygen atoms in total. The van der Waals surface area contributed by atoms with Crippen molar-refractivity contribution >= 4 is 21.4 Å². The molecule has 1 fully saturated rings. The minimum Gasteiger partial charge on any atom is -0.496 e. The summed E-state index contributed by atoms with van der Waals surface area (Å²) in [7, 11) is 3.81. The molecule has 2 aliphatic heterocycles. The van der Waals surface area contributed by atoms with Gasteiger partial charge in [-0.05, 0) is 32.3 Å². The Morgan fingerprint density at radius 1 is 1.22 bits per heavy atom. The molecule has 176 valence electrons.